The standard InChI is InChI=1S/C11H25N/c1-7-11(9(4)5)12-10(6)8(2)3/h8-12H,7H2,1-6H3. The van der Waals surface area contributed by atoms with Crippen molar-refractivity contribution in [3.05, 3.63) is 0 Å². The Labute approximate surface area is 77.9 Å². The Bertz CT molecular complexity index is 108. The molecule has 0 bridgehead atoms. The molecular weight excluding hydrogens is 146 g/mol. The minimum atomic E-state index is 0.636. The summed E-state index contributed by atoms with van der Waals surface area (Å²) in [5, 5.41) is 3.67. The van der Waals surface area contributed by atoms with Crippen molar-refractivity contribution in [3.63, 3.8) is 0 Å². The number of hydrogen-bond donors (Lipinski definition) is 1. The van der Waals surface area contributed by atoms with Gasteiger partial charge in [0.2, 0.25) is 0 Å². The van der Waals surface area contributed by atoms with E-state index in [1.807, 2.05) is 0 Å². The van der Waals surface area contributed by atoms with E-state index in [9.17, 15) is 0 Å². The second-order valence-corrected chi connectivity index (χ2v) is 4.46. The molecule has 0 aliphatic carbocycles. The zero-order chi connectivity index (χ0) is 9.72. The molecule has 1 nitrogen and oxygen atoms in total. The van der Waals surface area contributed by atoms with Crippen LogP contribution >= 0.6 is 0 Å². The highest BCUT2D eigenvalue weighted by Gasteiger charge is 2.15. The van der Waals surface area contributed by atoms with E-state index in [-0.39, 0.29) is 0 Å². The van der Waals surface area contributed by atoms with E-state index in [1.54, 1.807) is 0 Å². The fourth-order valence-corrected chi connectivity index (χ4v) is 1.31. The van der Waals surface area contributed by atoms with Gasteiger partial charge < -0.3 is 5.32 Å². The average Bonchev–Trinajstić information content (AvgIpc) is 1.98. The van der Waals surface area contributed by atoms with E-state index in [2.05, 4.69) is 46.9 Å². The molecule has 0 aromatic heterocycles. The summed E-state index contributed by atoms with van der Waals surface area (Å²) >= 11 is 0. The first-order valence-corrected chi connectivity index (χ1v) is 5.25. The second-order valence-electron chi connectivity index (χ2n) is 4.46. The van der Waals surface area contributed by atoms with Crippen LogP contribution in [-0.4, -0.2) is 12.1 Å². The van der Waals surface area contributed by atoms with Crippen molar-refractivity contribution in [1.82, 2.24) is 5.32 Å². The molecule has 0 aromatic carbocycles. The van der Waals surface area contributed by atoms with Crippen molar-refractivity contribution in [1.29, 1.82) is 0 Å². The van der Waals surface area contributed by atoms with Crippen LogP contribution in [0.15, 0.2) is 0 Å². The Hall–Kier alpha value is -0.0400. The third-order valence-electron chi connectivity index (χ3n) is 2.72. The molecule has 0 spiro atoms. The van der Waals surface area contributed by atoms with Crippen LogP contribution in [0.3, 0.4) is 0 Å². The molecule has 1 heteroatoms. The van der Waals surface area contributed by atoms with Gasteiger partial charge in [0.1, 0.15) is 0 Å². The summed E-state index contributed by atoms with van der Waals surface area (Å²) in [7, 11) is 0. The maximum atomic E-state index is 3.67. The fraction of sp³-hybridized carbons (Fsp3) is 1.00. The summed E-state index contributed by atoms with van der Waals surface area (Å²) in [6.45, 7) is 13.6. The lowest BCUT2D eigenvalue weighted by atomic mass is 9.98. The molecule has 0 saturated carbocycles. The van der Waals surface area contributed by atoms with Gasteiger partial charge in [-0.2, -0.15) is 0 Å². The molecule has 0 fully saturated rings. The topological polar surface area (TPSA) is 12.0 Å². The van der Waals surface area contributed by atoms with E-state index in [4.69, 9.17) is 0 Å². The van der Waals surface area contributed by atoms with Crippen LogP contribution in [-0.2, 0) is 0 Å². The first-order chi connectivity index (χ1) is 5.49. The summed E-state index contributed by atoms with van der Waals surface area (Å²) in [6.07, 6.45) is 1.23. The Kier molecular flexibility index (Phi) is 5.56. The second kappa shape index (κ2) is 5.58. The Balaban J connectivity index is 3.85. The van der Waals surface area contributed by atoms with Gasteiger partial charge >= 0.3 is 0 Å². The highest BCUT2D eigenvalue weighted by molar-refractivity contribution is 4.74. The molecule has 0 saturated heterocycles. The third-order valence-corrected chi connectivity index (χ3v) is 2.72. The van der Waals surface area contributed by atoms with Crippen molar-refractivity contribution in [3.8, 4) is 0 Å². The highest BCUT2D eigenvalue weighted by Crippen LogP contribution is 2.09. The van der Waals surface area contributed by atoms with Gasteiger partial charge in [0, 0.05) is 12.1 Å². The van der Waals surface area contributed by atoms with Crippen LogP contribution in [0.25, 0.3) is 0 Å². The molecule has 12 heavy (non-hydrogen) atoms. The van der Waals surface area contributed by atoms with Crippen LogP contribution in [0.4, 0.5) is 0 Å². The zero-order valence-corrected chi connectivity index (χ0v) is 9.52. The lowest BCUT2D eigenvalue weighted by molar-refractivity contribution is 0.312. The molecule has 0 amide bonds. The van der Waals surface area contributed by atoms with Crippen molar-refractivity contribution >= 4 is 0 Å². The van der Waals surface area contributed by atoms with Gasteiger partial charge in [0.05, 0.1) is 0 Å². The van der Waals surface area contributed by atoms with Crippen LogP contribution in [0.1, 0.15) is 48.0 Å². The van der Waals surface area contributed by atoms with Gasteiger partial charge in [-0.1, -0.05) is 34.6 Å². The van der Waals surface area contributed by atoms with Gasteiger partial charge in [-0.3, -0.25) is 0 Å². The molecule has 74 valence electrons. The molecule has 0 aromatic rings. The molecule has 0 aliphatic rings. The van der Waals surface area contributed by atoms with Crippen LogP contribution in [0.5, 0.6) is 0 Å². The third kappa shape index (κ3) is 4.10. The normalized spacial score (nSPS) is 17.0. The van der Waals surface area contributed by atoms with E-state index in [0.29, 0.717) is 12.1 Å². The highest BCUT2D eigenvalue weighted by atomic mass is 14.9. The van der Waals surface area contributed by atoms with E-state index < -0.39 is 0 Å². The van der Waals surface area contributed by atoms with E-state index in [0.717, 1.165) is 11.8 Å². The first-order valence-electron chi connectivity index (χ1n) is 5.25. The Morgan fingerprint density at radius 3 is 1.67 bits per heavy atom. The maximum absolute atomic E-state index is 3.67. The van der Waals surface area contributed by atoms with Crippen molar-refractivity contribution in [2.45, 2.75) is 60.0 Å². The smallest absolute Gasteiger partial charge is 0.00900 e. The molecule has 0 radical (unpaired) electrons. The van der Waals surface area contributed by atoms with Gasteiger partial charge in [0.25, 0.3) is 0 Å². The quantitative estimate of drug-likeness (QED) is 0.670. The summed E-state index contributed by atoms with van der Waals surface area (Å²) < 4.78 is 0. The predicted molar refractivity (Wildman–Crippen MR) is 56.4 cm³/mol. The van der Waals surface area contributed by atoms with Gasteiger partial charge in [-0.15, -0.1) is 0 Å². The Morgan fingerprint density at radius 1 is 0.917 bits per heavy atom. The number of rotatable bonds is 5. The average molecular weight is 171 g/mol. The van der Waals surface area contributed by atoms with Crippen LogP contribution < -0.4 is 5.32 Å². The lowest BCUT2D eigenvalue weighted by Gasteiger charge is -2.27. The number of hydrogen-bond acceptors (Lipinski definition) is 1. The van der Waals surface area contributed by atoms with Crippen molar-refractivity contribution in [2.24, 2.45) is 11.8 Å². The Morgan fingerprint density at radius 2 is 1.42 bits per heavy atom. The molecule has 2 unspecified atom stereocenters. The molecular formula is C11H25N. The minimum Gasteiger partial charge on any atom is -0.311 e. The molecule has 1 N–H and O–H groups in total. The van der Waals surface area contributed by atoms with Gasteiger partial charge in [-0.05, 0) is 25.2 Å². The van der Waals surface area contributed by atoms with Crippen LogP contribution in [0, 0.1) is 11.8 Å². The summed E-state index contributed by atoms with van der Waals surface area (Å²) in [5.74, 6) is 1.48. The predicted octanol–water partition coefficient (Wildman–Crippen LogP) is 3.06. The summed E-state index contributed by atoms with van der Waals surface area (Å²) in [6, 6.07) is 1.32. The van der Waals surface area contributed by atoms with Gasteiger partial charge in [0.15, 0.2) is 0 Å². The number of nitrogens with one attached hydrogen (secondary N) is 1. The van der Waals surface area contributed by atoms with E-state index in [1.165, 1.54) is 6.42 Å². The first kappa shape index (κ1) is 12.0. The SMILES string of the molecule is CCC(NC(C)C(C)C)C(C)C. The lowest BCUT2D eigenvalue weighted by Crippen LogP contribution is -2.41. The summed E-state index contributed by atoms with van der Waals surface area (Å²) in [4.78, 5) is 0. The summed E-state index contributed by atoms with van der Waals surface area (Å²) in [5.41, 5.74) is 0. The van der Waals surface area contributed by atoms with Crippen LogP contribution in [0.2, 0.25) is 0 Å². The van der Waals surface area contributed by atoms with Crippen molar-refractivity contribution < 1.29 is 0 Å². The van der Waals surface area contributed by atoms with Crippen molar-refractivity contribution in [2.75, 3.05) is 0 Å². The minimum absolute atomic E-state index is 0.636. The molecule has 2 atom stereocenters. The zero-order valence-electron chi connectivity index (χ0n) is 9.52. The molecule has 0 rings (SSSR count). The molecule has 0 heterocycles. The maximum Gasteiger partial charge on any atom is 0.00900 e. The molecule has 0 aliphatic heterocycles. The van der Waals surface area contributed by atoms with Gasteiger partial charge in [-0.25, -0.2) is 0 Å². The largest absolute Gasteiger partial charge is 0.311 e. The van der Waals surface area contributed by atoms with E-state index >= 15 is 0 Å². The fourth-order valence-electron chi connectivity index (χ4n) is 1.31. The monoisotopic (exact) mass is 171 g/mol.